The van der Waals surface area contributed by atoms with Gasteiger partial charge in [-0.3, -0.25) is 9.59 Å². The molecule has 148 valence electrons. The zero-order valence-electron chi connectivity index (χ0n) is 16.1. The average molecular weight is 384 g/mol. The molecule has 1 heterocycles. The molecule has 0 aromatic heterocycles. The van der Waals surface area contributed by atoms with Crippen molar-refractivity contribution in [1.82, 2.24) is 4.90 Å². The molecule has 0 saturated carbocycles. The van der Waals surface area contributed by atoms with E-state index >= 15 is 0 Å². The number of methoxy groups -OCH3 is 1. The van der Waals surface area contributed by atoms with Crippen molar-refractivity contribution in [1.29, 1.82) is 0 Å². The van der Waals surface area contributed by atoms with Crippen LogP contribution in [-0.2, 0) is 16.1 Å². The average Bonchev–Trinajstić information content (AvgIpc) is 2.86. The lowest BCUT2D eigenvalue weighted by Crippen LogP contribution is -2.34. The van der Waals surface area contributed by atoms with Gasteiger partial charge in [0.2, 0.25) is 0 Å². The summed E-state index contributed by atoms with van der Waals surface area (Å²) in [7, 11) is 1.59. The number of hydrogen-bond donors (Lipinski definition) is 1. The highest BCUT2D eigenvalue weighted by Gasteiger charge is 2.22. The molecule has 2 aromatic carbocycles. The van der Waals surface area contributed by atoms with Crippen molar-refractivity contribution in [3.8, 4) is 11.5 Å². The SMILES string of the molecule is CCOc1ccc(NC(=O)c2ccc3c(c2)CN(CCOC)C(=O)CO3)cc1. The smallest absolute Gasteiger partial charge is 0.260 e. The summed E-state index contributed by atoms with van der Waals surface area (Å²) in [6.45, 7) is 3.78. The Morgan fingerprint density at radius 3 is 2.71 bits per heavy atom. The predicted octanol–water partition coefficient (Wildman–Crippen LogP) is 2.71. The Morgan fingerprint density at radius 2 is 2.00 bits per heavy atom. The van der Waals surface area contributed by atoms with Crippen molar-refractivity contribution in [2.75, 3.05) is 38.8 Å². The second kappa shape index (κ2) is 9.23. The second-order valence-electron chi connectivity index (χ2n) is 6.33. The van der Waals surface area contributed by atoms with Gasteiger partial charge in [-0.15, -0.1) is 0 Å². The molecule has 0 fully saturated rings. The maximum Gasteiger partial charge on any atom is 0.260 e. The molecular formula is C21H24N2O5. The minimum absolute atomic E-state index is 0.0194. The van der Waals surface area contributed by atoms with Crippen LogP contribution in [0.1, 0.15) is 22.8 Å². The maximum atomic E-state index is 12.6. The first-order valence-electron chi connectivity index (χ1n) is 9.17. The van der Waals surface area contributed by atoms with Gasteiger partial charge in [-0.2, -0.15) is 0 Å². The summed E-state index contributed by atoms with van der Waals surface area (Å²) in [5.74, 6) is 1.04. The number of nitrogens with zero attached hydrogens (tertiary/aromatic N) is 1. The molecule has 1 aliphatic rings. The van der Waals surface area contributed by atoms with Crippen molar-refractivity contribution in [3.05, 3.63) is 53.6 Å². The van der Waals surface area contributed by atoms with Crippen molar-refractivity contribution in [2.45, 2.75) is 13.5 Å². The van der Waals surface area contributed by atoms with E-state index < -0.39 is 0 Å². The lowest BCUT2D eigenvalue weighted by atomic mass is 10.1. The molecule has 3 rings (SSSR count). The predicted molar refractivity (Wildman–Crippen MR) is 105 cm³/mol. The van der Waals surface area contributed by atoms with Crippen LogP contribution in [-0.4, -0.2) is 50.2 Å². The minimum atomic E-state index is -0.231. The fourth-order valence-corrected chi connectivity index (χ4v) is 2.92. The van der Waals surface area contributed by atoms with E-state index in [0.717, 1.165) is 11.3 Å². The van der Waals surface area contributed by atoms with E-state index in [0.29, 0.717) is 43.3 Å². The summed E-state index contributed by atoms with van der Waals surface area (Å²) in [4.78, 5) is 26.5. The third-order valence-corrected chi connectivity index (χ3v) is 4.38. The van der Waals surface area contributed by atoms with Gasteiger partial charge in [0.15, 0.2) is 6.61 Å². The normalized spacial score (nSPS) is 13.4. The molecule has 1 aliphatic heterocycles. The Balaban J connectivity index is 1.73. The molecule has 2 aromatic rings. The van der Waals surface area contributed by atoms with Crippen LogP contribution in [0.4, 0.5) is 5.69 Å². The van der Waals surface area contributed by atoms with E-state index in [4.69, 9.17) is 14.2 Å². The molecule has 0 unspecified atom stereocenters. The molecule has 0 spiro atoms. The lowest BCUT2D eigenvalue weighted by molar-refractivity contribution is -0.133. The molecule has 0 atom stereocenters. The van der Waals surface area contributed by atoms with Gasteiger partial charge in [-0.25, -0.2) is 0 Å². The van der Waals surface area contributed by atoms with E-state index in [2.05, 4.69) is 5.32 Å². The fraction of sp³-hybridized carbons (Fsp3) is 0.333. The number of carbonyl (C=O) groups is 2. The number of benzene rings is 2. The number of nitrogens with one attached hydrogen (secondary N) is 1. The molecule has 7 heteroatoms. The third kappa shape index (κ3) is 4.80. The van der Waals surface area contributed by atoms with E-state index in [-0.39, 0.29) is 18.4 Å². The van der Waals surface area contributed by atoms with Crippen molar-refractivity contribution in [2.24, 2.45) is 0 Å². The number of amides is 2. The molecule has 0 bridgehead atoms. The summed E-state index contributed by atoms with van der Waals surface area (Å²) in [6.07, 6.45) is 0. The molecule has 7 nitrogen and oxygen atoms in total. The number of rotatable bonds is 7. The highest BCUT2D eigenvalue weighted by molar-refractivity contribution is 6.04. The maximum absolute atomic E-state index is 12.6. The second-order valence-corrected chi connectivity index (χ2v) is 6.33. The molecule has 0 saturated heterocycles. The zero-order chi connectivity index (χ0) is 19.9. The summed E-state index contributed by atoms with van der Waals surface area (Å²) in [6, 6.07) is 12.4. The first kappa shape index (κ1) is 19.7. The zero-order valence-corrected chi connectivity index (χ0v) is 16.1. The van der Waals surface area contributed by atoms with Crippen LogP contribution in [0.25, 0.3) is 0 Å². The quantitative estimate of drug-likeness (QED) is 0.794. The Morgan fingerprint density at radius 1 is 1.21 bits per heavy atom. The third-order valence-electron chi connectivity index (χ3n) is 4.38. The van der Waals surface area contributed by atoms with Gasteiger partial charge < -0.3 is 24.4 Å². The Labute approximate surface area is 164 Å². The van der Waals surface area contributed by atoms with E-state index in [1.807, 2.05) is 19.1 Å². The van der Waals surface area contributed by atoms with Crippen LogP contribution in [0, 0.1) is 0 Å². The number of anilines is 1. The summed E-state index contributed by atoms with van der Waals surface area (Å²) in [5, 5.41) is 2.87. The van der Waals surface area contributed by atoms with Gasteiger partial charge in [-0.05, 0) is 49.4 Å². The molecule has 28 heavy (non-hydrogen) atoms. The first-order chi connectivity index (χ1) is 13.6. The Bertz CT molecular complexity index is 835. The number of ether oxygens (including phenoxy) is 3. The van der Waals surface area contributed by atoms with Gasteiger partial charge in [0.05, 0.1) is 13.2 Å². The largest absolute Gasteiger partial charge is 0.494 e. The lowest BCUT2D eigenvalue weighted by Gasteiger charge is -2.19. The van der Waals surface area contributed by atoms with Crippen LogP contribution in [0.15, 0.2) is 42.5 Å². The van der Waals surface area contributed by atoms with Crippen LogP contribution < -0.4 is 14.8 Å². The monoisotopic (exact) mass is 384 g/mol. The van der Waals surface area contributed by atoms with Gasteiger partial charge >= 0.3 is 0 Å². The number of hydrogen-bond acceptors (Lipinski definition) is 5. The van der Waals surface area contributed by atoms with Crippen LogP contribution >= 0.6 is 0 Å². The number of carbonyl (C=O) groups excluding carboxylic acids is 2. The van der Waals surface area contributed by atoms with Crippen LogP contribution in [0.2, 0.25) is 0 Å². The van der Waals surface area contributed by atoms with Gasteiger partial charge in [-0.1, -0.05) is 0 Å². The molecular weight excluding hydrogens is 360 g/mol. The van der Waals surface area contributed by atoms with Crippen molar-refractivity contribution < 1.29 is 23.8 Å². The van der Waals surface area contributed by atoms with Gasteiger partial charge in [0.25, 0.3) is 11.8 Å². The Kier molecular flexibility index (Phi) is 6.49. The topological polar surface area (TPSA) is 77.1 Å². The fourth-order valence-electron chi connectivity index (χ4n) is 2.92. The summed E-state index contributed by atoms with van der Waals surface area (Å²) in [5.41, 5.74) is 1.97. The van der Waals surface area contributed by atoms with Crippen molar-refractivity contribution in [3.63, 3.8) is 0 Å². The highest BCUT2D eigenvalue weighted by Crippen LogP contribution is 2.25. The van der Waals surface area contributed by atoms with Gasteiger partial charge in [0, 0.05) is 37.0 Å². The Hall–Kier alpha value is -3.06. The van der Waals surface area contributed by atoms with E-state index in [1.54, 1.807) is 42.3 Å². The minimum Gasteiger partial charge on any atom is -0.494 e. The summed E-state index contributed by atoms with van der Waals surface area (Å²) >= 11 is 0. The van der Waals surface area contributed by atoms with Crippen molar-refractivity contribution >= 4 is 17.5 Å². The first-order valence-corrected chi connectivity index (χ1v) is 9.17. The molecule has 0 radical (unpaired) electrons. The van der Waals surface area contributed by atoms with Crippen LogP contribution in [0.5, 0.6) is 11.5 Å². The van der Waals surface area contributed by atoms with E-state index in [9.17, 15) is 9.59 Å². The highest BCUT2D eigenvalue weighted by atomic mass is 16.5. The molecule has 2 amide bonds. The van der Waals surface area contributed by atoms with Crippen LogP contribution in [0.3, 0.4) is 0 Å². The summed E-state index contributed by atoms with van der Waals surface area (Å²) < 4.78 is 16.1. The number of fused-ring (bicyclic) bond motifs is 1. The standard InChI is InChI=1S/C21H24N2O5/c1-3-27-18-7-5-17(6-8-18)22-21(25)15-4-9-19-16(12-15)13-23(10-11-26-2)20(24)14-28-19/h4-9,12H,3,10-11,13-14H2,1-2H3,(H,22,25). The van der Waals surface area contributed by atoms with E-state index in [1.165, 1.54) is 0 Å². The molecule has 1 N–H and O–H groups in total. The molecule has 0 aliphatic carbocycles. The van der Waals surface area contributed by atoms with Gasteiger partial charge in [0.1, 0.15) is 11.5 Å².